The predicted octanol–water partition coefficient (Wildman–Crippen LogP) is 5.55. The van der Waals surface area contributed by atoms with Gasteiger partial charge in [0.15, 0.2) is 0 Å². The fraction of sp³-hybridized carbons (Fsp3) is 0.440. The van der Waals surface area contributed by atoms with Crippen LogP contribution in [0.4, 0.5) is 0 Å². The van der Waals surface area contributed by atoms with Gasteiger partial charge in [0.2, 0.25) is 0 Å². The van der Waals surface area contributed by atoms with Crippen LogP contribution < -0.4 is 0 Å². The van der Waals surface area contributed by atoms with Gasteiger partial charge >= 0.3 is 5.97 Å². The van der Waals surface area contributed by atoms with Gasteiger partial charge < -0.3 is 10.2 Å². The zero-order valence-corrected chi connectivity index (χ0v) is 18.0. The van der Waals surface area contributed by atoms with Gasteiger partial charge in [-0.25, -0.2) is 0 Å². The molecule has 0 bridgehead atoms. The number of carboxylic acid groups (broad SMARTS) is 1. The minimum Gasteiger partial charge on any atom is -0.481 e. The topological polar surface area (TPSA) is 74.6 Å². The van der Waals surface area contributed by atoms with Crippen molar-refractivity contribution in [1.82, 2.24) is 0 Å². The molecule has 1 aromatic heterocycles. The number of fused-ring (bicyclic) bond motifs is 1. The highest BCUT2D eigenvalue weighted by Gasteiger charge is 2.29. The standard InChI is InChI=1S/C25H30O4S/c26-20(16-19-17-30-24-12-6-5-10-22(19)24)15-14-18-8-7-11-23(27)21(18)9-3-1-2-4-13-25(28)29/h1,3,5-6,10,12,14-15,17-18,20-21,26H,2,4,7-9,11,13,16H2,(H,28,29)/b3-1-,15-14+/t18?,20?,21-/m1/s1. The normalized spacial score (nSPS) is 21.0. The van der Waals surface area contributed by atoms with Gasteiger partial charge in [-0.05, 0) is 60.4 Å². The molecular formula is C25H30O4S. The Balaban J connectivity index is 1.55. The van der Waals surface area contributed by atoms with Crippen molar-refractivity contribution in [3.8, 4) is 0 Å². The maximum absolute atomic E-state index is 12.5. The van der Waals surface area contributed by atoms with Crippen LogP contribution in [-0.4, -0.2) is 28.1 Å². The number of carboxylic acids is 1. The maximum atomic E-state index is 12.5. The smallest absolute Gasteiger partial charge is 0.303 e. The number of hydrogen-bond donors (Lipinski definition) is 2. The highest BCUT2D eigenvalue weighted by Crippen LogP contribution is 2.32. The van der Waals surface area contributed by atoms with E-state index in [4.69, 9.17) is 5.11 Å². The Kier molecular flexibility index (Phi) is 8.40. The molecule has 1 aromatic carbocycles. The van der Waals surface area contributed by atoms with E-state index in [-0.39, 0.29) is 18.3 Å². The SMILES string of the molecule is O=C(O)CCC/C=C\C[C@H]1C(=O)CCCC1/C=C/C(O)Cc1csc2ccccc12. The summed E-state index contributed by atoms with van der Waals surface area (Å²) in [6.07, 6.45) is 12.6. The number of aliphatic carboxylic acids is 1. The first-order chi connectivity index (χ1) is 14.5. The molecule has 2 aromatic rings. The molecule has 1 heterocycles. The first-order valence-corrected chi connectivity index (χ1v) is 11.6. The molecule has 1 aliphatic carbocycles. The van der Waals surface area contributed by atoms with E-state index in [1.54, 1.807) is 11.3 Å². The van der Waals surface area contributed by atoms with E-state index in [1.807, 2.05) is 36.4 Å². The molecule has 4 nitrogen and oxygen atoms in total. The third-order valence-corrected chi connectivity index (χ3v) is 6.79. The molecule has 2 N–H and O–H groups in total. The number of benzene rings is 1. The number of ketones is 1. The Hall–Kier alpha value is -2.24. The molecule has 0 amide bonds. The van der Waals surface area contributed by atoms with Crippen LogP contribution in [0, 0.1) is 11.8 Å². The number of Topliss-reactive ketones (excluding diaryl/α,β-unsaturated/α-hetero) is 1. The molecule has 160 valence electrons. The van der Waals surface area contributed by atoms with E-state index < -0.39 is 12.1 Å². The zero-order valence-electron chi connectivity index (χ0n) is 17.2. The third kappa shape index (κ3) is 6.38. The van der Waals surface area contributed by atoms with Crippen LogP contribution in [-0.2, 0) is 16.0 Å². The van der Waals surface area contributed by atoms with Crippen LogP contribution in [0.5, 0.6) is 0 Å². The summed E-state index contributed by atoms with van der Waals surface area (Å²) in [6.45, 7) is 0. The van der Waals surface area contributed by atoms with Crippen LogP contribution in [0.15, 0.2) is 53.9 Å². The minimum absolute atomic E-state index is 0.0418. The van der Waals surface area contributed by atoms with Crippen molar-refractivity contribution in [3.05, 3.63) is 59.5 Å². The number of carbonyl (C=O) groups is 2. The minimum atomic E-state index is -0.773. The van der Waals surface area contributed by atoms with Crippen LogP contribution in [0.3, 0.4) is 0 Å². The van der Waals surface area contributed by atoms with Crippen LogP contribution in [0.25, 0.3) is 10.1 Å². The number of rotatable bonds is 10. The average molecular weight is 427 g/mol. The molecule has 3 rings (SSSR count). The molecule has 0 aliphatic heterocycles. The van der Waals surface area contributed by atoms with E-state index in [9.17, 15) is 14.7 Å². The van der Waals surface area contributed by atoms with Crippen LogP contribution in [0.2, 0.25) is 0 Å². The molecule has 0 radical (unpaired) electrons. The van der Waals surface area contributed by atoms with Gasteiger partial charge in [0.1, 0.15) is 5.78 Å². The molecule has 1 saturated carbocycles. The number of unbranched alkanes of at least 4 members (excludes halogenated alkanes) is 1. The number of carbonyl (C=O) groups excluding carboxylic acids is 1. The van der Waals surface area contributed by atoms with Crippen LogP contribution >= 0.6 is 11.3 Å². The Bertz CT molecular complexity index is 911. The second-order valence-electron chi connectivity index (χ2n) is 8.04. The number of hydrogen-bond acceptors (Lipinski definition) is 4. The fourth-order valence-corrected chi connectivity index (χ4v) is 5.14. The Morgan fingerprint density at radius 3 is 2.93 bits per heavy atom. The second kappa shape index (κ2) is 11.2. The van der Waals surface area contributed by atoms with E-state index in [0.29, 0.717) is 31.5 Å². The monoisotopic (exact) mass is 426 g/mol. The van der Waals surface area contributed by atoms with Gasteiger partial charge in [0, 0.05) is 29.9 Å². The molecule has 3 atom stereocenters. The number of aliphatic hydroxyl groups is 1. The summed E-state index contributed by atoms with van der Waals surface area (Å²) in [5.41, 5.74) is 1.16. The van der Waals surface area contributed by atoms with Gasteiger partial charge in [0.05, 0.1) is 6.10 Å². The fourth-order valence-electron chi connectivity index (χ4n) is 4.16. The average Bonchev–Trinajstić information content (AvgIpc) is 3.13. The quantitative estimate of drug-likeness (QED) is 0.386. The van der Waals surface area contributed by atoms with Crippen molar-refractivity contribution in [3.63, 3.8) is 0 Å². The zero-order chi connectivity index (χ0) is 21.3. The van der Waals surface area contributed by atoms with Gasteiger partial charge in [-0.15, -0.1) is 11.3 Å². The lowest BCUT2D eigenvalue weighted by Gasteiger charge is -2.27. The highest BCUT2D eigenvalue weighted by atomic mass is 32.1. The van der Waals surface area contributed by atoms with Crippen LogP contribution in [0.1, 0.15) is 50.5 Å². The summed E-state index contributed by atoms with van der Waals surface area (Å²) in [6, 6.07) is 8.24. The van der Waals surface area contributed by atoms with E-state index in [2.05, 4.69) is 17.5 Å². The molecule has 30 heavy (non-hydrogen) atoms. The Morgan fingerprint density at radius 1 is 1.27 bits per heavy atom. The van der Waals surface area contributed by atoms with Crippen molar-refractivity contribution in [2.45, 2.75) is 57.5 Å². The predicted molar refractivity (Wildman–Crippen MR) is 122 cm³/mol. The second-order valence-corrected chi connectivity index (χ2v) is 8.95. The van der Waals surface area contributed by atoms with E-state index >= 15 is 0 Å². The molecule has 1 fully saturated rings. The summed E-state index contributed by atoms with van der Waals surface area (Å²) >= 11 is 1.70. The Morgan fingerprint density at radius 2 is 2.10 bits per heavy atom. The number of aliphatic hydroxyl groups excluding tert-OH is 1. The third-order valence-electron chi connectivity index (χ3n) is 5.78. The van der Waals surface area contributed by atoms with Crippen molar-refractivity contribution in [2.75, 3.05) is 0 Å². The summed E-state index contributed by atoms with van der Waals surface area (Å²) in [7, 11) is 0. The summed E-state index contributed by atoms with van der Waals surface area (Å²) in [5.74, 6) is -0.363. The highest BCUT2D eigenvalue weighted by molar-refractivity contribution is 7.17. The molecule has 2 unspecified atom stereocenters. The molecule has 5 heteroatoms. The molecule has 0 spiro atoms. The molecular weight excluding hydrogens is 396 g/mol. The van der Waals surface area contributed by atoms with Crippen molar-refractivity contribution < 1.29 is 19.8 Å². The lowest BCUT2D eigenvalue weighted by atomic mass is 9.76. The van der Waals surface area contributed by atoms with E-state index in [1.165, 1.54) is 10.1 Å². The van der Waals surface area contributed by atoms with Gasteiger partial charge in [-0.3, -0.25) is 9.59 Å². The lowest BCUT2D eigenvalue weighted by Crippen LogP contribution is -2.27. The Labute approximate surface area is 181 Å². The number of thiophene rings is 1. The van der Waals surface area contributed by atoms with Crippen molar-refractivity contribution in [1.29, 1.82) is 0 Å². The van der Waals surface area contributed by atoms with Gasteiger partial charge in [-0.2, -0.15) is 0 Å². The first-order valence-electron chi connectivity index (χ1n) is 10.8. The largest absolute Gasteiger partial charge is 0.481 e. The summed E-state index contributed by atoms with van der Waals surface area (Å²) in [4.78, 5) is 23.0. The van der Waals surface area contributed by atoms with Crippen molar-refractivity contribution in [2.24, 2.45) is 11.8 Å². The lowest BCUT2D eigenvalue weighted by molar-refractivity contribution is -0.137. The summed E-state index contributed by atoms with van der Waals surface area (Å²) < 4.78 is 1.23. The first kappa shape index (κ1) is 22.4. The van der Waals surface area contributed by atoms with E-state index in [0.717, 1.165) is 24.8 Å². The van der Waals surface area contributed by atoms with Gasteiger partial charge in [0.25, 0.3) is 0 Å². The van der Waals surface area contributed by atoms with Gasteiger partial charge in [-0.1, -0.05) is 42.5 Å². The molecule has 0 saturated heterocycles. The molecule has 1 aliphatic rings. The summed E-state index contributed by atoms with van der Waals surface area (Å²) in [5, 5.41) is 22.6. The number of allylic oxidation sites excluding steroid dienone is 3. The maximum Gasteiger partial charge on any atom is 0.303 e. The van der Waals surface area contributed by atoms with Crippen molar-refractivity contribution >= 4 is 33.2 Å².